The molecule has 1 aliphatic rings. The Morgan fingerprint density at radius 3 is 2.61 bits per heavy atom. The number of carbonyl (C=O) groups excluding carboxylic acids is 2. The van der Waals surface area contributed by atoms with Crippen LogP contribution in [0, 0.1) is 5.92 Å². The summed E-state index contributed by atoms with van der Waals surface area (Å²) in [4.78, 5) is 35.4. The number of alkyl halides is 3. The number of carbonyl (C=O) groups is 2. The second-order valence-electron chi connectivity index (χ2n) is 9.63. The number of aromatic nitrogens is 4. The molecule has 4 aromatic rings. The normalized spacial score (nSPS) is 17.0. The first-order valence-electron chi connectivity index (χ1n) is 12.6. The molecule has 0 radical (unpaired) electrons. The molecule has 0 unspecified atom stereocenters. The molecule has 3 aromatic heterocycles. The van der Waals surface area contributed by atoms with Crippen LogP contribution in [-0.2, 0) is 17.5 Å². The van der Waals surface area contributed by atoms with E-state index in [9.17, 15) is 22.8 Å². The Balaban J connectivity index is 1.36. The number of benzene rings is 1. The van der Waals surface area contributed by atoms with Gasteiger partial charge in [0.15, 0.2) is 5.82 Å². The van der Waals surface area contributed by atoms with Gasteiger partial charge in [-0.1, -0.05) is 37.3 Å². The maximum atomic E-state index is 13.8. The molecule has 0 spiro atoms. The molecule has 1 aliphatic heterocycles. The smallest absolute Gasteiger partial charge is 0.418 e. The summed E-state index contributed by atoms with van der Waals surface area (Å²) in [5.74, 6) is -1.05. The molecule has 1 aromatic carbocycles. The topological polar surface area (TPSA) is 137 Å². The van der Waals surface area contributed by atoms with Crippen molar-refractivity contribution in [1.29, 1.82) is 0 Å². The lowest BCUT2D eigenvalue weighted by atomic mass is 10.1. The van der Waals surface area contributed by atoms with Crippen molar-refractivity contribution in [2.24, 2.45) is 5.92 Å². The summed E-state index contributed by atoms with van der Waals surface area (Å²) in [6.45, 7) is 2.59. The number of hydrogen-bond donors (Lipinski definition) is 2. The quantitative estimate of drug-likeness (QED) is 0.358. The van der Waals surface area contributed by atoms with E-state index in [1.165, 1.54) is 24.3 Å². The lowest BCUT2D eigenvalue weighted by Crippen LogP contribution is -2.40. The molecular formula is C27H26F3N7O4. The van der Waals surface area contributed by atoms with Crippen LogP contribution in [0.1, 0.15) is 28.4 Å². The molecule has 0 saturated carbocycles. The van der Waals surface area contributed by atoms with Gasteiger partial charge in [-0.25, -0.2) is 19.3 Å². The zero-order valence-electron chi connectivity index (χ0n) is 22.1. The maximum Gasteiger partial charge on any atom is 0.418 e. The number of fused-ring (bicyclic) bond motifs is 1. The average molecular weight is 570 g/mol. The van der Waals surface area contributed by atoms with E-state index in [-0.39, 0.29) is 47.6 Å². The molecule has 3 N–H and O–H groups in total. The van der Waals surface area contributed by atoms with Crippen molar-refractivity contribution in [3.05, 3.63) is 71.7 Å². The number of ether oxygens (including phenoxy) is 2. The predicted octanol–water partition coefficient (Wildman–Crippen LogP) is 3.79. The molecule has 1 fully saturated rings. The van der Waals surface area contributed by atoms with Gasteiger partial charge in [-0.15, -0.1) is 0 Å². The Morgan fingerprint density at radius 1 is 1.15 bits per heavy atom. The molecule has 4 heterocycles. The van der Waals surface area contributed by atoms with Gasteiger partial charge in [-0.05, 0) is 23.6 Å². The fraction of sp³-hybridized carbons (Fsp3) is 0.296. The molecule has 1 saturated heterocycles. The fourth-order valence-electron chi connectivity index (χ4n) is 4.77. The van der Waals surface area contributed by atoms with E-state index in [1.54, 1.807) is 0 Å². The van der Waals surface area contributed by atoms with Gasteiger partial charge in [0.1, 0.15) is 24.0 Å². The standard InChI is InChI=1S/C27H26F3N7O4/c1-15-11-36(26(39)41-13-16-6-4-3-5-7-16)12-20(15)35-24(38)18-8-17(10-32-25(18)40-2)21-9-19(27(28,29)30)22-23(31)33-14-34-37(21)22/h3-10,14-15,20H,11-13H2,1-2H3,(H,35,38)(H2,31,33,34)/t15-,20+/m1/s1. The van der Waals surface area contributed by atoms with Crippen LogP contribution in [0.4, 0.5) is 23.8 Å². The van der Waals surface area contributed by atoms with Gasteiger partial charge >= 0.3 is 12.3 Å². The first kappa shape index (κ1) is 27.7. The van der Waals surface area contributed by atoms with Crippen LogP contribution in [0.3, 0.4) is 0 Å². The summed E-state index contributed by atoms with van der Waals surface area (Å²) < 4.78 is 53.0. The Labute approximate surface area is 232 Å². The number of amides is 2. The summed E-state index contributed by atoms with van der Waals surface area (Å²) in [6.07, 6.45) is -2.91. The highest BCUT2D eigenvalue weighted by Crippen LogP contribution is 2.39. The Bertz CT molecular complexity index is 1590. The van der Waals surface area contributed by atoms with E-state index in [1.807, 2.05) is 37.3 Å². The number of nitrogens with one attached hydrogen (secondary N) is 1. The van der Waals surface area contributed by atoms with Gasteiger partial charge in [-0.3, -0.25) is 4.79 Å². The number of likely N-dealkylation sites (tertiary alicyclic amines) is 1. The van der Waals surface area contributed by atoms with Crippen molar-refractivity contribution in [1.82, 2.24) is 29.8 Å². The van der Waals surface area contributed by atoms with E-state index in [0.717, 1.165) is 22.5 Å². The highest BCUT2D eigenvalue weighted by molar-refractivity contribution is 5.98. The summed E-state index contributed by atoms with van der Waals surface area (Å²) in [6, 6.07) is 11.1. The van der Waals surface area contributed by atoms with Crippen molar-refractivity contribution < 1.29 is 32.2 Å². The van der Waals surface area contributed by atoms with Gasteiger partial charge < -0.3 is 25.4 Å². The first-order valence-corrected chi connectivity index (χ1v) is 12.6. The molecule has 214 valence electrons. The van der Waals surface area contributed by atoms with E-state index in [4.69, 9.17) is 15.2 Å². The van der Waals surface area contributed by atoms with Crippen LogP contribution < -0.4 is 15.8 Å². The lowest BCUT2D eigenvalue weighted by molar-refractivity contribution is -0.136. The van der Waals surface area contributed by atoms with E-state index >= 15 is 0 Å². The van der Waals surface area contributed by atoms with Gasteiger partial charge in [0.25, 0.3) is 5.91 Å². The van der Waals surface area contributed by atoms with Crippen LogP contribution in [0.25, 0.3) is 16.8 Å². The number of anilines is 1. The van der Waals surface area contributed by atoms with E-state index in [0.29, 0.717) is 6.54 Å². The fourth-order valence-corrected chi connectivity index (χ4v) is 4.77. The number of nitrogen functional groups attached to an aromatic ring is 1. The second-order valence-corrected chi connectivity index (χ2v) is 9.63. The number of methoxy groups -OCH3 is 1. The van der Waals surface area contributed by atoms with E-state index < -0.39 is 35.3 Å². The first-order chi connectivity index (χ1) is 19.6. The number of rotatable bonds is 6. The number of nitrogens with two attached hydrogens (primary N) is 1. The average Bonchev–Trinajstić information content (AvgIpc) is 3.53. The minimum Gasteiger partial charge on any atom is -0.480 e. The maximum absolute atomic E-state index is 13.8. The summed E-state index contributed by atoms with van der Waals surface area (Å²) >= 11 is 0. The van der Waals surface area contributed by atoms with Gasteiger partial charge in [0.2, 0.25) is 5.88 Å². The van der Waals surface area contributed by atoms with Crippen LogP contribution in [0.2, 0.25) is 0 Å². The van der Waals surface area contributed by atoms with E-state index in [2.05, 4.69) is 20.4 Å². The molecule has 41 heavy (non-hydrogen) atoms. The third-order valence-corrected chi connectivity index (χ3v) is 6.87. The Hall–Kier alpha value is -4.88. The third-order valence-electron chi connectivity index (χ3n) is 6.87. The minimum atomic E-state index is -4.73. The molecular weight excluding hydrogens is 543 g/mol. The summed E-state index contributed by atoms with van der Waals surface area (Å²) in [7, 11) is 1.32. The largest absolute Gasteiger partial charge is 0.480 e. The monoisotopic (exact) mass is 569 g/mol. The zero-order chi connectivity index (χ0) is 29.3. The number of nitrogens with zero attached hydrogens (tertiary/aromatic N) is 5. The minimum absolute atomic E-state index is 0.00663. The highest BCUT2D eigenvalue weighted by Gasteiger charge is 2.37. The number of pyridine rings is 1. The second kappa shape index (κ2) is 10.9. The Kier molecular flexibility index (Phi) is 7.39. The zero-order valence-corrected chi connectivity index (χ0v) is 22.1. The van der Waals surface area contributed by atoms with Gasteiger partial charge in [-0.2, -0.15) is 18.3 Å². The lowest BCUT2D eigenvalue weighted by Gasteiger charge is -2.18. The van der Waals surface area contributed by atoms with Crippen molar-refractivity contribution in [3.63, 3.8) is 0 Å². The molecule has 14 heteroatoms. The highest BCUT2D eigenvalue weighted by atomic mass is 19.4. The van der Waals surface area contributed by atoms with Gasteiger partial charge in [0, 0.05) is 24.8 Å². The Morgan fingerprint density at radius 2 is 1.90 bits per heavy atom. The number of halogens is 3. The van der Waals surface area contributed by atoms with Gasteiger partial charge in [0.05, 0.1) is 24.4 Å². The van der Waals surface area contributed by atoms with Crippen molar-refractivity contribution in [3.8, 4) is 17.1 Å². The van der Waals surface area contributed by atoms with Crippen LogP contribution in [0.15, 0.2) is 55.0 Å². The SMILES string of the molecule is COc1ncc(-c2cc(C(F)(F)F)c3c(N)ncnn23)cc1C(=O)N[C@H]1CN(C(=O)OCc2ccccc2)C[C@H]1C. The van der Waals surface area contributed by atoms with Crippen LogP contribution in [0.5, 0.6) is 5.88 Å². The molecule has 2 atom stereocenters. The van der Waals surface area contributed by atoms with Crippen LogP contribution in [-0.4, -0.2) is 62.7 Å². The molecule has 5 rings (SSSR count). The molecule has 2 amide bonds. The molecule has 11 nitrogen and oxygen atoms in total. The predicted molar refractivity (Wildman–Crippen MR) is 141 cm³/mol. The van der Waals surface area contributed by atoms with Crippen molar-refractivity contribution in [2.45, 2.75) is 25.7 Å². The molecule has 0 bridgehead atoms. The number of hydrogen-bond acceptors (Lipinski definition) is 8. The third kappa shape index (κ3) is 5.58. The van der Waals surface area contributed by atoms with Crippen molar-refractivity contribution in [2.75, 3.05) is 25.9 Å². The summed E-state index contributed by atoms with van der Waals surface area (Å²) in [5, 5.41) is 6.83. The summed E-state index contributed by atoms with van der Waals surface area (Å²) in [5.41, 5.74) is 5.34. The van der Waals surface area contributed by atoms with Crippen LogP contribution >= 0.6 is 0 Å². The molecule has 0 aliphatic carbocycles. The van der Waals surface area contributed by atoms with Crippen molar-refractivity contribution >= 4 is 23.3 Å².